The number of hydrogen-bond donors (Lipinski definition) is 0. The van der Waals surface area contributed by atoms with Crippen LogP contribution in [0.15, 0.2) is 72.8 Å². The topological polar surface area (TPSA) is 36.9 Å². The SMILES string of the molecule is COC(Oc1ccc(C)cc1)c1ccc(C(OC)Oc2ccc(C)cc2)cc1. The zero-order chi connectivity index (χ0) is 19.9. The molecule has 3 aromatic rings. The van der Waals surface area contributed by atoms with E-state index in [9.17, 15) is 0 Å². The van der Waals surface area contributed by atoms with Gasteiger partial charge in [-0.2, -0.15) is 0 Å². The lowest BCUT2D eigenvalue weighted by Crippen LogP contribution is -2.12. The van der Waals surface area contributed by atoms with Crippen molar-refractivity contribution in [2.45, 2.75) is 26.4 Å². The lowest BCUT2D eigenvalue weighted by molar-refractivity contribution is -0.0588. The number of rotatable bonds is 8. The fourth-order valence-electron chi connectivity index (χ4n) is 2.80. The molecule has 0 amide bonds. The van der Waals surface area contributed by atoms with Crippen molar-refractivity contribution in [2.75, 3.05) is 14.2 Å². The molecule has 2 unspecified atom stereocenters. The van der Waals surface area contributed by atoms with Gasteiger partial charge >= 0.3 is 0 Å². The molecule has 0 spiro atoms. The highest BCUT2D eigenvalue weighted by molar-refractivity contribution is 5.30. The first-order chi connectivity index (χ1) is 13.6. The molecule has 146 valence electrons. The molecule has 0 aliphatic rings. The third kappa shape index (κ3) is 5.12. The van der Waals surface area contributed by atoms with Crippen LogP contribution in [-0.2, 0) is 9.47 Å². The van der Waals surface area contributed by atoms with Crippen LogP contribution in [0.25, 0.3) is 0 Å². The summed E-state index contributed by atoms with van der Waals surface area (Å²) in [4.78, 5) is 0. The van der Waals surface area contributed by atoms with Crippen molar-refractivity contribution >= 4 is 0 Å². The van der Waals surface area contributed by atoms with Crippen LogP contribution >= 0.6 is 0 Å². The summed E-state index contributed by atoms with van der Waals surface area (Å²) in [5.41, 5.74) is 4.20. The Morgan fingerprint density at radius 2 is 0.821 bits per heavy atom. The van der Waals surface area contributed by atoms with Gasteiger partial charge in [0.25, 0.3) is 0 Å². The molecule has 0 bridgehead atoms. The molecule has 3 rings (SSSR count). The van der Waals surface area contributed by atoms with E-state index in [4.69, 9.17) is 18.9 Å². The van der Waals surface area contributed by atoms with E-state index in [1.807, 2.05) is 86.6 Å². The smallest absolute Gasteiger partial charge is 0.226 e. The molecule has 0 saturated carbocycles. The zero-order valence-corrected chi connectivity index (χ0v) is 16.7. The molecule has 4 heteroatoms. The van der Waals surface area contributed by atoms with E-state index in [-0.39, 0.29) is 0 Å². The van der Waals surface area contributed by atoms with E-state index in [2.05, 4.69) is 0 Å². The van der Waals surface area contributed by atoms with Gasteiger partial charge in [0.15, 0.2) is 0 Å². The van der Waals surface area contributed by atoms with Crippen molar-refractivity contribution in [2.24, 2.45) is 0 Å². The van der Waals surface area contributed by atoms with Crippen molar-refractivity contribution in [1.82, 2.24) is 0 Å². The highest BCUT2D eigenvalue weighted by atomic mass is 16.7. The number of aryl methyl sites for hydroxylation is 2. The Morgan fingerprint density at radius 1 is 0.500 bits per heavy atom. The molecule has 0 aliphatic carbocycles. The summed E-state index contributed by atoms with van der Waals surface area (Å²) < 4.78 is 22.9. The minimum Gasteiger partial charge on any atom is -0.461 e. The monoisotopic (exact) mass is 378 g/mol. The molecule has 0 aliphatic heterocycles. The molecule has 0 fully saturated rings. The van der Waals surface area contributed by atoms with Crippen LogP contribution in [0.1, 0.15) is 34.8 Å². The fourth-order valence-corrected chi connectivity index (χ4v) is 2.80. The largest absolute Gasteiger partial charge is 0.461 e. The molecular formula is C24H26O4. The summed E-state index contributed by atoms with van der Waals surface area (Å²) in [6.45, 7) is 4.09. The molecule has 2 atom stereocenters. The van der Waals surface area contributed by atoms with Crippen molar-refractivity contribution in [3.63, 3.8) is 0 Å². The Bertz CT molecular complexity index is 780. The van der Waals surface area contributed by atoms with Gasteiger partial charge in [-0.05, 0) is 38.1 Å². The number of ether oxygens (including phenoxy) is 4. The maximum absolute atomic E-state index is 5.95. The van der Waals surface area contributed by atoms with Gasteiger partial charge in [-0.15, -0.1) is 0 Å². The lowest BCUT2D eigenvalue weighted by atomic mass is 10.1. The highest BCUT2D eigenvalue weighted by Gasteiger charge is 2.16. The minimum absolute atomic E-state index is 0.490. The van der Waals surface area contributed by atoms with E-state index in [1.54, 1.807) is 14.2 Å². The second-order valence-corrected chi connectivity index (χ2v) is 6.66. The van der Waals surface area contributed by atoms with E-state index < -0.39 is 12.6 Å². The highest BCUT2D eigenvalue weighted by Crippen LogP contribution is 2.27. The van der Waals surface area contributed by atoms with Gasteiger partial charge in [0.1, 0.15) is 11.5 Å². The first-order valence-corrected chi connectivity index (χ1v) is 9.21. The number of methoxy groups -OCH3 is 2. The maximum atomic E-state index is 5.95. The van der Waals surface area contributed by atoms with Gasteiger partial charge in [0.05, 0.1) is 0 Å². The van der Waals surface area contributed by atoms with E-state index in [1.165, 1.54) is 11.1 Å². The van der Waals surface area contributed by atoms with Crippen LogP contribution in [0.2, 0.25) is 0 Å². The Labute approximate surface area is 166 Å². The van der Waals surface area contributed by atoms with E-state index in [0.29, 0.717) is 0 Å². The summed E-state index contributed by atoms with van der Waals surface area (Å²) >= 11 is 0. The Hall–Kier alpha value is -2.82. The molecule has 0 N–H and O–H groups in total. The van der Waals surface area contributed by atoms with Crippen LogP contribution in [-0.4, -0.2) is 14.2 Å². The third-order valence-corrected chi connectivity index (χ3v) is 4.44. The normalized spacial score (nSPS) is 13.0. The molecule has 0 saturated heterocycles. The molecule has 3 aromatic carbocycles. The average Bonchev–Trinajstić information content (AvgIpc) is 2.73. The van der Waals surface area contributed by atoms with Gasteiger partial charge in [0.2, 0.25) is 12.6 Å². The van der Waals surface area contributed by atoms with Crippen LogP contribution in [0.5, 0.6) is 11.5 Å². The summed E-state index contributed by atoms with van der Waals surface area (Å²) in [7, 11) is 3.26. The van der Waals surface area contributed by atoms with Gasteiger partial charge < -0.3 is 18.9 Å². The summed E-state index contributed by atoms with van der Waals surface area (Å²) in [6.07, 6.45) is -0.980. The lowest BCUT2D eigenvalue weighted by Gasteiger charge is -2.20. The van der Waals surface area contributed by atoms with Gasteiger partial charge in [-0.1, -0.05) is 59.7 Å². The number of hydrogen-bond acceptors (Lipinski definition) is 4. The number of benzene rings is 3. The average molecular weight is 378 g/mol. The zero-order valence-electron chi connectivity index (χ0n) is 16.7. The van der Waals surface area contributed by atoms with Gasteiger partial charge in [-0.25, -0.2) is 0 Å². The van der Waals surface area contributed by atoms with Crippen molar-refractivity contribution < 1.29 is 18.9 Å². The maximum Gasteiger partial charge on any atom is 0.226 e. The van der Waals surface area contributed by atoms with Crippen molar-refractivity contribution in [3.05, 3.63) is 95.1 Å². The molecule has 0 radical (unpaired) electrons. The molecule has 0 heterocycles. The fraction of sp³-hybridized carbons (Fsp3) is 0.250. The Kier molecular flexibility index (Phi) is 6.69. The van der Waals surface area contributed by atoms with Crippen LogP contribution < -0.4 is 9.47 Å². The molecule has 28 heavy (non-hydrogen) atoms. The van der Waals surface area contributed by atoms with Crippen LogP contribution in [0.3, 0.4) is 0 Å². The van der Waals surface area contributed by atoms with E-state index in [0.717, 1.165) is 22.6 Å². The predicted molar refractivity (Wildman–Crippen MR) is 110 cm³/mol. The second-order valence-electron chi connectivity index (χ2n) is 6.66. The standard InChI is InChI=1S/C24H26O4/c1-17-5-13-21(14-6-17)27-23(25-3)19-9-11-20(12-10-19)24(26-4)28-22-15-7-18(2)8-16-22/h5-16,23-24H,1-4H3. The van der Waals surface area contributed by atoms with Crippen LogP contribution in [0.4, 0.5) is 0 Å². The molecule has 4 nitrogen and oxygen atoms in total. The minimum atomic E-state index is -0.490. The van der Waals surface area contributed by atoms with Gasteiger partial charge in [-0.3, -0.25) is 0 Å². The Balaban J connectivity index is 1.70. The molecule has 0 aromatic heterocycles. The first-order valence-electron chi connectivity index (χ1n) is 9.21. The summed E-state index contributed by atoms with van der Waals surface area (Å²) in [5.74, 6) is 1.53. The summed E-state index contributed by atoms with van der Waals surface area (Å²) in [5, 5.41) is 0. The predicted octanol–water partition coefficient (Wildman–Crippen LogP) is 5.75. The van der Waals surface area contributed by atoms with Crippen molar-refractivity contribution in [3.8, 4) is 11.5 Å². The molecular weight excluding hydrogens is 352 g/mol. The van der Waals surface area contributed by atoms with Crippen molar-refractivity contribution in [1.29, 1.82) is 0 Å². The Morgan fingerprint density at radius 3 is 1.11 bits per heavy atom. The quantitative estimate of drug-likeness (QED) is 0.468. The van der Waals surface area contributed by atoms with Gasteiger partial charge in [0, 0.05) is 25.3 Å². The third-order valence-electron chi connectivity index (χ3n) is 4.44. The van der Waals surface area contributed by atoms with E-state index >= 15 is 0 Å². The first kappa shape index (κ1) is 19.9. The van der Waals surface area contributed by atoms with Crippen LogP contribution in [0, 0.1) is 13.8 Å². The second kappa shape index (κ2) is 9.40. The summed E-state index contributed by atoms with van der Waals surface area (Å²) in [6, 6.07) is 23.6.